The number of unbranched alkanes of at least 4 members (excludes halogenated alkanes) is 3. The zero-order chi connectivity index (χ0) is 27.7. The molecule has 2 aromatic carbocycles. The molecule has 1 amide bonds. The predicted octanol–water partition coefficient (Wildman–Crippen LogP) is 7.96. The van der Waals surface area contributed by atoms with Crippen LogP contribution in [0.25, 0.3) is 17.3 Å². The second-order valence-electron chi connectivity index (χ2n) is 8.59. The molecule has 0 aliphatic rings. The molecule has 3 rings (SSSR count). The fourth-order valence-electron chi connectivity index (χ4n) is 3.71. The minimum Gasteiger partial charge on any atom is -0.496 e. The average molecular weight is 578 g/mol. The summed E-state index contributed by atoms with van der Waals surface area (Å²) in [5.74, 6) is -0.851. The van der Waals surface area contributed by atoms with Gasteiger partial charge in [-0.3, -0.25) is 10.1 Å². The van der Waals surface area contributed by atoms with Gasteiger partial charge in [-0.1, -0.05) is 61.5 Å². The van der Waals surface area contributed by atoms with Crippen LogP contribution in [-0.4, -0.2) is 35.7 Å². The van der Waals surface area contributed by atoms with Crippen LogP contribution >= 0.6 is 34.5 Å². The molecule has 0 aliphatic heterocycles. The van der Waals surface area contributed by atoms with Crippen molar-refractivity contribution in [3.05, 3.63) is 68.0 Å². The van der Waals surface area contributed by atoms with Crippen LogP contribution in [-0.2, 0) is 16.1 Å². The lowest BCUT2D eigenvalue weighted by molar-refractivity contribution is -0.132. The summed E-state index contributed by atoms with van der Waals surface area (Å²) in [6.07, 6.45) is 5.94. The molecule has 1 heterocycles. The van der Waals surface area contributed by atoms with Crippen molar-refractivity contribution in [1.82, 2.24) is 4.98 Å². The van der Waals surface area contributed by atoms with E-state index in [0.29, 0.717) is 35.4 Å². The van der Waals surface area contributed by atoms with Crippen molar-refractivity contribution in [3.63, 3.8) is 0 Å². The number of rotatable bonds is 13. The van der Waals surface area contributed by atoms with Crippen molar-refractivity contribution in [1.29, 1.82) is 0 Å². The minimum atomic E-state index is -1.09. The van der Waals surface area contributed by atoms with Crippen LogP contribution in [0.3, 0.4) is 0 Å². The van der Waals surface area contributed by atoms with Gasteiger partial charge in [0.2, 0.25) is 0 Å². The number of ether oxygens (including phenoxy) is 2. The molecule has 0 fully saturated rings. The van der Waals surface area contributed by atoms with E-state index in [0.717, 1.165) is 24.0 Å². The number of carbonyl (C=O) groups is 2. The Kier molecular flexibility index (Phi) is 11.2. The first-order valence-corrected chi connectivity index (χ1v) is 13.8. The maximum Gasteiger partial charge on any atom is 0.331 e. The third-order valence-corrected chi connectivity index (χ3v) is 7.12. The smallest absolute Gasteiger partial charge is 0.331 e. The van der Waals surface area contributed by atoms with Gasteiger partial charge in [0.25, 0.3) is 5.91 Å². The third kappa shape index (κ3) is 7.80. The molecule has 0 saturated heterocycles. The lowest BCUT2D eigenvalue weighted by atomic mass is 10.1. The molecule has 202 valence electrons. The highest BCUT2D eigenvalue weighted by Crippen LogP contribution is 2.35. The van der Waals surface area contributed by atoms with Gasteiger partial charge >= 0.3 is 5.97 Å². The second kappa shape index (κ2) is 14.3. The molecule has 3 aromatic rings. The van der Waals surface area contributed by atoms with Crippen molar-refractivity contribution >= 4 is 57.6 Å². The second-order valence-corrected chi connectivity index (χ2v) is 10.3. The zero-order valence-electron chi connectivity index (χ0n) is 21.5. The molecule has 0 bridgehead atoms. The quantitative estimate of drug-likeness (QED) is 0.158. The van der Waals surface area contributed by atoms with Gasteiger partial charge in [-0.15, -0.1) is 11.3 Å². The molecule has 0 saturated carbocycles. The standard InChI is InChI=1S/C28H30Cl2N2O5S/c1-4-5-6-7-11-37-15-18-9-8-10-20(25(18)36-3)24-16-38-28(31-24)32-26(33)19-13-22(29)21(23(30)14-19)12-17(2)27(34)35/h8-10,12-14,16H,4-7,11,15H2,1-3H3,(H,34,35)(H,31,32,33). The summed E-state index contributed by atoms with van der Waals surface area (Å²) in [4.78, 5) is 28.6. The molecule has 0 aliphatic carbocycles. The number of hydrogen-bond acceptors (Lipinski definition) is 6. The Balaban J connectivity index is 1.73. The molecule has 1 aromatic heterocycles. The Labute approximate surface area is 236 Å². The number of anilines is 1. The summed E-state index contributed by atoms with van der Waals surface area (Å²) in [6.45, 7) is 4.75. The third-order valence-electron chi connectivity index (χ3n) is 5.74. The van der Waals surface area contributed by atoms with E-state index in [1.54, 1.807) is 7.11 Å². The number of carboxylic acid groups (broad SMARTS) is 1. The van der Waals surface area contributed by atoms with Crippen LogP contribution in [0.1, 0.15) is 61.0 Å². The fourth-order valence-corrected chi connectivity index (χ4v) is 5.01. The van der Waals surface area contributed by atoms with Gasteiger partial charge in [0.15, 0.2) is 5.13 Å². The molecular formula is C28H30Cl2N2O5S. The summed E-state index contributed by atoms with van der Waals surface area (Å²) in [7, 11) is 1.61. The van der Waals surface area contributed by atoms with E-state index in [1.807, 2.05) is 23.6 Å². The maximum absolute atomic E-state index is 12.9. The van der Waals surface area contributed by atoms with Gasteiger partial charge in [0.05, 0.1) is 29.5 Å². The number of aliphatic carboxylic acids is 1. The van der Waals surface area contributed by atoms with Crippen molar-refractivity contribution < 1.29 is 24.2 Å². The van der Waals surface area contributed by atoms with E-state index < -0.39 is 11.9 Å². The highest BCUT2D eigenvalue weighted by molar-refractivity contribution is 7.14. The zero-order valence-corrected chi connectivity index (χ0v) is 23.8. The Hall–Kier alpha value is -2.91. The van der Waals surface area contributed by atoms with Crippen LogP contribution in [0.2, 0.25) is 10.0 Å². The number of nitrogens with zero attached hydrogens (tertiary/aromatic N) is 1. The molecule has 0 spiro atoms. The van der Waals surface area contributed by atoms with Crippen LogP contribution in [0, 0.1) is 0 Å². The normalized spacial score (nSPS) is 11.4. The Morgan fingerprint density at radius 3 is 2.55 bits per heavy atom. The van der Waals surface area contributed by atoms with E-state index in [1.165, 1.54) is 49.3 Å². The number of para-hydroxylation sites is 1. The molecule has 0 radical (unpaired) electrons. The number of carbonyl (C=O) groups excluding carboxylic acids is 1. The number of carboxylic acids is 1. The number of hydrogen-bond donors (Lipinski definition) is 2. The van der Waals surface area contributed by atoms with Crippen LogP contribution in [0.4, 0.5) is 5.13 Å². The first-order chi connectivity index (χ1) is 18.2. The predicted molar refractivity (Wildman–Crippen MR) is 154 cm³/mol. The van der Waals surface area contributed by atoms with Crippen molar-refractivity contribution in [2.45, 2.75) is 46.1 Å². The summed E-state index contributed by atoms with van der Waals surface area (Å²) in [5.41, 5.74) is 3.01. The van der Waals surface area contributed by atoms with E-state index >= 15 is 0 Å². The minimum absolute atomic E-state index is 0.0688. The number of halogens is 2. The maximum atomic E-state index is 12.9. The lowest BCUT2D eigenvalue weighted by Gasteiger charge is -2.13. The van der Waals surface area contributed by atoms with Gasteiger partial charge in [0.1, 0.15) is 5.75 Å². The topological polar surface area (TPSA) is 97.8 Å². The average Bonchev–Trinajstić information content (AvgIpc) is 3.35. The van der Waals surface area contributed by atoms with Crippen molar-refractivity contribution in [2.24, 2.45) is 0 Å². The van der Waals surface area contributed by atoms with Gasteiger partial charge in [0, 0.05) is 39.8 Å². The van der Waals surface area contributed by atoms with E-state index in [9.17, 15) is 9.59 Å². The Morgan fingerprint density at radius 1 is 1.16 bits per heavy atom. The number of thiazole rings is 1. The number of nitrogens with one attached hydrogen (secondary N) is 1. The molecule has 0 unspecified atom stereocenters. The van der Waals surface area contributed by atoms with Gasteiger partial charge in [-0.2, -0.15) is 0 Å². The molecule has 10 heteroatoms. The van der Waals surface area contributed by atoms with Crippen LogP contribution in [0.15, 0.2) is 41.3 Å². The van der Waals surface area contributed by atoms with Gasteiger partial charge in [-0.25, -0.2) is 9.78 Å². The first-order valence-electron chi connectivity index (χ1n) is 12.2. The molecule has 2 N–H and O–H groups in total. The number of benzene rings is 2. The number of methoxy groups -OCH3 is 1. The number of amides is 1. The van der Waals surface area contributed by atoms with Gasteiger partial charge in [-0.05, 0) is 37.6 Å². The highest BCUT2D eigenvalue weighted by Gasteiger charge is 2.17. The molecule has 0 atom stereocenters. The fraction of sp³-hybridized carbons (Fsp3) is 0.321. The molecular weight excluding hydrogens is 547 g/mol. The van der Waals surface area contributed by atoms with Crippen molar-refractivity contribution in [2.75, 3.05) is 19.0 Å². The summed E-state index contributed by atoms with van der Waals surface area (Å²) in [6, 6.07) is 8.68. The lowest BCUT2D eigenvalue weighted by Crippen LogP contribution is -2.12. The summed E-state index contributed by atoms with van der Waals surface area (Å²) >= 11 is 13.9. The molecule has 38 heavy (non-hydrogen) atoms. The summed E-state index contributed by atoms with van der Waals surface area (Å²) < 4.78 is 11.6. The largest absolute Gasteiger partial charge is 0.496 e. The van der Waals surface area contributed by atoms with E-state index in [2.05, 4.69) is 17.2 Å². The Morgan fingerprint density at radius 2 is 1.89 bits per heavy atom. The monoisotopic (exact) mass is 576 g/mol. The van der Waals surface area contributed by atoms with Crippen molar-refractivity contribution in [3.8, 4) is 17.0 Å². The van der Waals surface area contributed by atoms with Crippen LogP contribution in [0.5, 0.6) is 5.75 Å². The van der Waals surface area contributed by atoms with Crippen LogP contribution < -0.4 is 10.1 Å². The Bertz CT molecular complexity index is 1300. The summed E-state index contributed by atoms with van der Waals surface area (Å²) in [5, 5.41) is 14.4. The van der Waals surface area contributed by atoms with Gasteiger partial charge < -0.3 is 14.6 Å². The van der Waals surface area contributed by atoms with E-state index in [4.69, 9.17) is 37.8 Å². The number of aromatic nitrogens is 1. The molecule has 7 nitrogen and oxygen atoms in total. The first kappa shape index (κ1) is 29.6. The van der Waals surface area contributed by atoms with E-state index in [-0.39, 0.29) is 21.2 Å². The highest BCUT2D eigenvalue weighted by atomic mass is 35.5. The SMILES string of the molecule is CCCCCCOCc1cccc(-c2csc(NC(=O)c3cc(Cl)c(C=C(C)C(=O)O)c(Cl)c3)n2)c1OC.